The van der Waals surface area contributed by atoms with E-state index in [1.807, 2.05) is 60.7 Å². The minimum atomic E-state index is -0.146. The van der Waals surface area contributed by atoms with Crippen molar-refractivity contribution in [2.75, 3.05) is 5.32 Å². The number of aromatic nitrogens is 3. The standard InChI is InChI=1S/C20H16N4O2S/c25-16(22-20-24-21-13-27-20)11-12-17-23-18(14-7-3-1-4-8-14)19(26-17)15-9-5-2-6-10-15/h1-10,13H,11-12H2,(H,22,24,25). The molecule has 0 saturated heterocycles. The lowest BCUT2D eigenvalue weighted by molar-refractivity contribution is -0.116. The molecule has 0 fully saturated rings. The van der Waals surface area contributed by atoms with E-state index in [4.69, 9.17) is 4.42 Å². The molecule has 1 N–H and O–H groups in total. The SMILES string of the molecule is O=C(CCc1nc(-c2ccccc2)c(-c2ccccc2)o1)Nc1nncs1. The summed E-state index contributed by atoms with van der Waals surface area (Å²) >= 11 is 1.28. The van der Waals surface area contributed by atoms with Gasteiger partial charge >= 0.3 is 0 Å². The summed E-state index contributed by atoms with van der Waals surface area (Å²) in [6.45, 7) is 0. The molecule has 0 bridgehead atoms. The van der Waals surface area contributed by atoms with Crippen LogP contribution in [0.1, 0.15) is 12.3 Å². The molecule has 27 heavy (non-hydrogen) atoms. The van der Waals surface area contributed by atoms with Crippen LogP contribution in [-0.4, -0.2) is 21.1 Å². The van der Waals surface area contributed by atoms with Crippen LogP contribution < -0.4 is 5.32 Å². The lowest BCUT2D eigenvalue weighted by atomic mass is 10.1. The number of hydrogen-bond donors (Lipinski definition) is 1. The molecule has 6 nitrogen and oxygen atoms in total. The Balaban J connectivity index is 1.57. The third-order valence-corrected chi connectivity index (χ3v) is 4.53. The molecule has 0 spiro atoms. The maximum Gasteiger partial charge on any atom is 0.226 e. The first-order valence-corrected chi connectivity index (χ1v) is 9.34. The lowest BCUT2D eigenvalue weighted by Gasteiger charge is -2.00. The van der Waals surface area contributed by atoms with Crippen LogP contribution in [0.4, 0.5) is 5.13 Å². The molecule has 0 unspecified atom stereocenters. The van der Waals surface area contributed by atoms with Crippen molar-refractivity contribution in [3.05, 3.63) is 72.1 Å². The van der Waals surface area contributed by atoms with E-state index in [0.717, 1.165) is 16.8 Å². The topological polar surface area (TPSA) is 80.9 Å². The second kappa shape index (κ2) is 7.92. The Morgan fingerprint density at radius 2 is 1.70 bits per heavy atom. The van der Waals surface area contributed by atoms with Crippen LogP contribution in [0.25, 0.3) is 22.6 Å². The molecule has 0 aliphatic heterocycles. The Morgan fingerprint density at radius 3 is 2.37 bits per heavy atom. The van der Waals surface area contributed by atoms with Crippen molar-refractivity contribution in [3.8, 4) is 22.6 Å². The third-order valence-electron chi connectivity index (χ3n) is 3.93. The Kier molecular flexibility index (Phi) is 5.02. The van der Waals surface area contributed by atoms with Gasteiger partial charge in [0.05, 0.1) is 0 Å². The van der Waals surface area contributed by atoms with E-state index in [-0.39, 0.29) is 12.3 Å². The number of carbonyl (C=O) groups is 1. The Morgan fingerprint density at radius 1 is 1.00 bits per heavy atom. The number of rotatable bonds is 6. The number of oxazole rings is 1. The first kappa shape index (κ1) is 17.1. The summed E-state index contributed by atoms with van der Waals surface area (Å²) in [6.07, 6.45) is 0.653. The van der Waals surface area contributed by atoms with Gasteiger partial charge in [0.15, 0.2) is 11.7 Å². The molecule has 2 heterocycles. The molecule has 1 amide bonds. The van der Waals surface area contributed by atoms with Crippen molar-refractivity contribution in [2.45, 2.75) is 12.8 Å². The molecule has 2 aromatic heterocycles. The first-order chi connectivity index (χ1) is 13.3. The summed E-state index contributed by atoms with van der Waals surface area (Å²) in [5.74, 6) is 1.09. The first-order valence-electron chi connectivity index (χ1n) is 8.46. The highest BCUT2D eigenvalue weighted by Gasteiger charge is 2.17. The number of anilines is 1. The van der Waals surface area contributed by atoms with E-state index < -0.39 is 0 Å². The van der Waals surface area contributed by atoms with Crippen LogP contribution in [0.2, 0.25) is 0 Å². The quantitative estimate of drug-likeness (QED) is 0.538. The van der Waals surface area contributed by atoms with Crippen molar-refractivity contribution >= 4 is 22.4 Å². The molecule has 0 saturated carbocycles. The van der Waals surface area contributed by atoms with Crippen LogP contribution in [0.15, 0.2) is 70.6 Å². The fourth-order valence-corrected chi connectivity index (χ4v) is 3.14. The van der Waals surface area contributed by atoms with Gasteiger partial charge in [-0.2, -0.15) is 0 Å². The smallest absolute Gasteiger partial charge is 0.226 e. The van der Waals surface area contributed by atoms with E-state index in [0.29, 0.717) is 23.2 Å². The molecule has 0 atom stereocenters. The minimum absolute atomic E-state index is 0.146. The van der Waals surface area contributed by atoms with E-state index in [1.54, 1.807) is 5.51 Å². The molecule has 0 aliphatic rings. The van der Waals surface area contributed by atoms with Gasteiger partial charge in [-0.05, 0) is 0 Å². The molecule has 0 radical (unpaired) electrons. The second-order valence-electron chi connectivity index (χ2n) is 5.81. The fourth-order valence-electron chi connectivity index (χ4n) is 2.68. The Hall–Kier alpha value is -3.32. The summed E-state index contributed by atoms with van der Waals surface area (Å²) < 4.78 is 6.02. The Bertz CT molecular complexity index is 958. The highest BCUT2D eigenvalue weighted by Crippen LogP contribution is 2.32. The summed E-state index contributed by atoms with van der Waals surface area (Å²) in [5.41, 5.74) is 4.28. The van der Waals surface area contributed by atoms with Gasteiger partial charge in [0.2, 0.25) is 11.0 Å². The Labute approximate surface area is 159 Å². The number of nitrogens with zero attached hydrogens (tertiary/aromatic N) is 3. The molecule has 4 rings (SSSR count). The second-order valence-corrected chi connectivity index (χ2v) is 6.64. The summed E-state index contributed by atoms with van der Waals surface area (Å²) in [4.78, 5) is 16.7. The molecular weight excluding hydrogens is 360 g/mol. The van der Waals surface area contributed by atoms with Crippen molar-refractivity contribution in [2.24, 2.45) is 0 Å². The molecule has 7 heteroatoms. The number of benzene rings is 2. The summed E-state index contributed by atoms with van der Waals surface area (Å²) in [5, 5.41) is 10.7. The van der Waals surface area contributed by atoms with Crippen molar-refractivity contribution in [1.82, 2.24) is 15.2 Å². The minimum Gasteiger partial charge on any atom is -0.440 e. The zero-order chi connectivity index (χ0) is 18.5. The van der Waals surface area contributed by atoms with Gasteiger partial charge in [0, 0.05) is 24.0 Å². The van der Waals surface area contributed by atoms with Crippen LogP contribution in [0.3, 0.4) is 0 Å². The maximum atomic E-state index is 12.1. The molecule has 4 aromatic rings. The third kappa shape index (κ3) is 4.09. The molecular formula is C20H16N4O2S. The zero-order valence-electron chi connectivity index (χ0n) is 14.3. The van der Waals surface area contributed by atoms with Crippen LogP contribution in [0.5, 0.6) is 0 Å². The van der Waals surface area contributed by atoms with Gasteiger partial charge < -0.3 is 9.73 Å². The van der Waals surface area contributed by atoms with Gasteiger partial charge in [-0.25, -0.2) is 4.98 Å². The predicted molar refractivity (Wildman–Crippen MR) is 104 cm³/mol. The van der Waals surface area contributed by atoms with Gasteiger partial charge in [0.25, 0.3) is 0 Å². The number of aryl methyl sites for hydroxylation is 1. The van der Waals surface area contributed by atoms with Gasteiger partial charge in [-0.15, -0.1) is 10.2 Å². The van der Waals surface area contributed by atoms with Gasteiger partial charge in [-0.3, -0.25) is 4.79 Å². The molecule has 2 aromatic carbocycles. The number of amides is 1. The van der Waals surface area contributed by atoms with E-state index in [2.05, 4.69) is 20.5 Å². The summed E-state index contributed by atoms with van der Waals surface area (Å²) in [7, 11) is 0. The van der Waals surface area contributed by atoms with Gasteiger partial charge in [-0.1, -0.05) is 72.0 Å². The maximum absolute atomic E-state index is 12.1. The highest BCUT2D eigenvalue weighted by atomic mass is 32.1. The number of carbonyl (C=O) groups excluding carboxylic acids is 1. The van der Waals surface area contributed by atoms with Crippen molar-refractivity contribution in [3.63, 3.8) is 0 Å². The highest BCUT2D eigenvalue weighted by molar-refractivity contribution is 7.13. The average Bonchev–Trinajstić information content (AvgIpc) is 3.38. The fraction of sp³-hybridized carbons (Fsp3) is 0.100. The van der Waals surface area contributed by atoms with Crippen LogP contribution in [-0.2, 0) is 11.2 Å². The number of nitrogens with one attached hydrogen (secondary N) is 1. The molecule has 0 aliphatic carbocycles. The largest absolute Gasteiger partial charge is 0.440 e. The van der Waals surface area contributed by atoms with Crippen LogP contribution in [0, 0.1) is 0 Å². The van der Waals surface area contributed by atoms with Crippen molar-refractivity contribution < 1.29 is 9.21 Å². The monoisotopic (exact) mass is 376 g/mol. The zero-order valence-corrected chi connectivity index (χ0v) is 15.1. The number of hydrogen-bond acceptors (Lipinski definition) is 6. The van der Waals surface area contributed by atoms with Gasteiger partial charge in [0.1, 0.15) is 11.2 Å². The molecule has 134 valence electrons. The normalized spacial score (nSPS) is 10.7. The van der Waals surface area contributed by atoms with Crippen LogP contribution >= 0.6 is 11.3 Å². The summed E-state index contributed by atoms with van der Waals surface area (Å²) in [6, 6.07) is 19.7. The van der Waals surface area contributed by atoms with E-state index in [1.165, 1.54) is 11.3 Å². The van der Waals surface area contributed by atoms with E-state index >= 15 is 0 Å². The van der Waals surface area contributed by atoms with E-state index in [9.17, 15) is 4.79 Å². The average molecular weight is 376 g/mol. The lowest BCUT2D eigenvalue weighted by Crippen LogP contribution is -2.12. The predicted octanol–water partition coefficient (Wildman–Crippen LogP) is 4.43. The van der Waals surface area contributed by atoms with Crippen molar-refractivity contribution in [1.29, 1.82) is 0 Å².